The van der Waals surface area contributed by atoms with Crippen molar-refractivity contribution >= 4 is 44.8 Å². The zero-order valence-corrected chi connectivity index (χ0v) is 14.5. The first kappa shape index (κ1) is 15.9. The summed E-state index contributed by atoms with van der Waals surface area (Å²) in [5.74, 6) is -0.499. The van der Waals surface area contributed by atoms with E-state index in [-0.39, 0.29) is 11.4 Å². The Labute approximate surface area is 145 Å². The number of nitro groups is 1. The van der Waals surface area contributed by atoms with E-state index in [0.29, 0.717) is 17.3 Å². The second-order valence-corrected chi connectivity index (χ2v) is 6.47. The van der Waals surface area contributed by atoms with Crippen molar-refractivity contribution in [3.05, 3.63) is 49.2 Å². The van der Waals surface area contributed by atoms with Crippen LogP contribution in [0.3, 0.4) is 0 Å². The van der Waals surface area contributed by atoms with Crippen LogP contribution in [0.25, 0.3) is 0 Å². The number of aryl methyl sites for hydroxylation is 1. The average Bonchev–Trinajstić information content (AvgIpc) is 2.92. The standard InChI is InChI=1S/C14H12BrClN4O3/c1-18-7-11(20(22)23)12(17-18)14(21)19-6-2-3-8-10(16)5-4-9(15)13(8)19/h4-5,7H,2-3,6H2,1H3. The Morgan fingerprint density at radius 1 is 1.48 bits per heavy atom. The number of fused-ring (bicyclic) bond motifs is 1. The number of amides is 1. The molecule has 2 heterocycles. The third kappa shape index (κ3) is 2.72. The van der Waals surface area contributed by atoms with Crippen LogP contribution in [0.4, 0.5) is 11.4 Å². The van der Waals surface area contributed by atoms with Crippen LogP contribution in [0.15, 0.2) is 22.8 Å². The van der Waals surface area contributed by atoms with E-state index in [1.54, 1.807) is 19.2 Å². The summed E-state index contributed by atoms with van der Waals surface area (Å²) in [5.41, 5.74) is 1.05. The highest BCUT2D eigenvalue weighted by molar-refractivity contribution is 9.10. The minimum atomic E-state index is -0.599. The Morgan fingerprint density at radius 3 is 2.91 bits per heavy atom. The van der Waals surface area contributed by atoms with E-state index in [1.165, 1.54) is 15.8 Å². The van der Waals surface area contributed by atoms with E-state index in [1.807, 2.05) is 0 Å². The SMILES string of the molecule is Cn1cc([N+](=O)[O-])c(C(=O)N2CCCc3c(Cl)ccc(Br)c32)n1. The van der Waals surface area contributed by atoms with E-state index in [4.69, 9.17) is 11.6 Å². The van der Waals surface area contributed by atoms with Gasteiger partial charge in [-0.2, -0.15) is 5.10 Å². The lowest BCUT2D eigenvalue weighted by Crippen LogP contribution is -2.36. The van der Waals surface area contributed by atoms with Crippen molar-refractivity contribution in [3.8, 4) is 0 Å². The van der Waals surface area contributed by atoms with Crippen molar-refractivity contribution in [2.45, 2.75) is 12.8 Å². The summed E-state index contributed by atoms with van der Waals surface area (Å²) >= 11 is 9.67. The Hall–Kier alpha value is -1.93. The number of halogens is 2. The Morgan fingerprint density at radius 2 is 2.22 bits per heavy atom. The molecule has 0 radical (unpaired) electrons. The van der Waals surface area contributed by atoms with Crippen molar-refractivity contribution in [1.82, 2.24) is 9.78 Å². The fourth-order valence-corrected chi connectivity index (χ4v) is 3.56. The lowest BCUT2D eigenvalue weighted by Gasteiger charge is -2.30. The minimum absolute atomic E-state index is 0.169. The third-order valence-corrected chi connectivity index (χ3v) is 4.70. The first-order valence-corrected chi connectivity index (χ1v) is 8.04. The number of rotatable bonds is 2. The average molecular weight is 400 g/mol. The summed E-state index contributed by atoms with van der Waals surface area (Å²) in [4.78, 5) is 24.9. The maximum absolute atomic E-state index is 12.8. The Balaban J connectivity index is 2.10. The van der Waals surface area contributed by atoms with Gasteiger partial charge in [0.05, 0.1) is 10.6 Å². The number of nitrogens with zero attached hydrogens (tertiary/aromatic N) is 4. The van der Waals surface area contributed by atoms with Gasteiger partial charge in [0.2, 0.25) is 5.69 Å². The minimum Gasteiger partial charge on any atom is -0.305 e. The Bertz CT molecular complexity index is 821. The maximum atomic E-state index is 12.8. The number of carbonyl (C=O) groups excluding carboxylic acids is 1. The van der Waals surface area contributed by atoms with Crippen LogP contribution in [-0.4, -0.2) is 27.2 Å². The first-order valence-electron chi connectivity index (χ1n) is 6.87. The molecule has 3 rings (SSSR count). The predicted octanol–water partition coefficient (Wildman–Crippen LogP) is 3.34. The van der Waals surface area contributed by atoms with E-state index >= 15 is 0 Å². The summed E-state index contributed by atoms with van der Waals surface area (Å²) in [7, 11) is 1.54. The highest BCUT2D eigenvalue weighted by Crippen LogP contribution is 2.39. The highest BCUT2D eigenvalue weighted by Gasteiger charge is 2.33. The van der Waals surface area contributed by atoms with Gasteiger partial charge in [-0.05, 0) is 46.5 Å². The molecule has 0 aliphatic carbocycles. The quantitative estimate of drug-likeness (QED) is 0.573. The molecule has 1 aromatic heterocycles. The molecule has 0 saturated heterocycles. The molecule has 1 amide bonds. The fraction of sp³-hybridized carbons (Fsp3) is 0.286. The summed E-state index contributed by atoms with van der Waals surface area (Å²) in [6.45, 7) is 0.457. The summed E-state index contributed by atoms with van der Waals surface area (Å²) in [6.07, 6.45) is 2.71. The molecule has 1 aliphatic heterocycles. The molecule has 0 spiro atoms. The van der Waals surface area contributed by atoms with Crippen LogP contribution in [-0.2, 0) is 13.5 Å². The largest absolute Gasteiger partial charge is 0.320 e. The van der Waals surface area contributed by atoms with Crippen molar-refractivity contribution in [3.63, 3.8) is 0 Å². The zero-order valence-electron chi connectivity index (χ0n) is 12.1. The van der Waals surface area contributed by atoms with Crippen molar-refractivity contribution in [2.24, 2.45) is 7.05 Å². The van der Waals surface area contributed by atoms with Crippen molar-refractivity contribution in [2.75, 3.05) is 11.4 Å². The molecule has 1 aromatic carbocycles. The van der Waals surface area contributed by atoms with Crippen LogP contribution in [0, 0.1) is 10.1 Å². The van der Waals surface area contributed by atoms with E-state index in [0.717, 1.165) is 22.9 Å². The predicted molar refractivity (Wildman–Crippen MR) is 89.0 cm³/mol. The molecule has 0 saturated carbocycles. The molecule has 1 aliphatic rings. The smallest absolute Gasteiger partial charge is 0.305 e. The second-order valence-electron chi connectivity index (χ2n) is 5.21. The molecular weight excluding hydrogens is 388 g/mol. The summed E-state index contributed by atoms with van der Waals surface area (Å²) < 4.78 is 1.99. The zero-order chi connectivity index (χ0) is 16.7. The van der Waals surface area contributed by atoms with Gasteiger partial charge in [0.15, 0.2) is 0 Å². The number of carbonyl (C=O) groups is 1. The van der Waals surface area contributed by atoms with Gasteiger partial charge in [0.25, 0.3) is 5.91 Å². The van der Waals surface area contributed by atoms with Crippen LogP contribution < -0.4 is 4.90 Å². The van der Waals surface area contributed by atoms with Gasteiger partial charge < -0.3 is 4.90 Å². The lowest BCUT2D eigenvalue weighted by molar-refractivity contribution is -0.385. The first-order chi connectivity index (χ1) is 10.9. The van der Waals surface area contributed by atoms with E-state index < -0.39 is 10.8 Å². The number of hydrogen-bond acceptors (Lipinski definition) is 4. The molecule has 0 fully saturated rings. The van der Waals surface area contributed by atoms with Gasteiger partial charge in [0, 0.05) is 23.1 Å². The molecule has 120 valence electrons. The molecule has 2 aromatic rings. The number of anilines is 1. The van der Waals surface area contributed by atoms with E-state index in [9.17, 15) is 14.9 Å². The monoisotopic (exact) mass is 398 g/mol. The topological polar surface area (TPSA) is 81.3 Å². The molecular formula is C14H12BrClN4O3. The van der Waals surface area contributed by atoms with Gasteiger partial charge in [0.1, 0.15) is 6.20 Å². The lowest BCUT2D eigenvalue weighted by atomic mass is 10.0. The highest BCUT2D eigenvalue weighted by atomic mass is 79.9. The van der Waals surface area contributed by atoms with Gasteiger partial charge in [-0.15, -0.1) is 0 Å². The van der Waals surface area contributed by atoms with Crippen molar-refractivity contribution < 1.29 is 9.72 Å². The summed E-state index contributed by atoms with van der Waals surface area (Å²) in [6, 6.07) is 3.53. The number of hydrogen-bond donors (Lipinski definition) is 0. The van der Waals surface area contributed by atoms with Gasteiger partial charge in [-0.25, -0.2) is 0 Å². The van der Waals surface area contributed by atoms with Gasteiger partial charge in [-0.1, -0.05) is 11.6 Å². The third-order valence-electron chi connectivity index (χ3n) is 3.71. The molecule has 9 heteroatoms. The Kier molecular flexibility index (Phi) is 4.11. The summed E-state index contributed by atoms with van der Waals surface area (Å²) in [5, 5.41) is 15.7. The van der Waals surface area contributed by atoms with Crippen molar-refractivity contribution in [1.29, 1.82) is 0 Å². The second kappa shape index (κ2) is 5.93. The molecule has 7 nitrogen and oxygen atoms in total. The van der Waals surface area contributed by atoms with Crippen LogP contribution in [0.2, 0.25) is 5.02 Å². The molecule has 0 N–H and O–H groups in total. The molecule has 0 unspecified atom stereocenters. The van der Waals surface area contributed by atoms with Gasteiger partial charge in [-0.3, -0.25) is 19.6 Å². The van der Waals surface area contributed by atoms with Crippen LogP contribution in [0.5, 0.6) is 0 Å². The molecule has 0 bridgehead atoms. The molecule has 23 heavy (non-hydrogen) atoms. The van der Waals surface area contributed by atoms with E-state index in [2.05, 4.69) is 21.0 Å². The van der Waals surface area contributed by atoms with Crippen LogP contribution >= 0.6 is 27.5 Å². The number of benzene rings is 1. The fourth-order valence-electron chi connectivity index (χ4n) is 2.73. The number of aromatic nitrogens is 2. The van der Waals surface area contributed by atoms with Crippen LogP contribution in [0.1, 0.15) is 22.5 Å². The maximum Gasteiger partial charge on any atom is 0.320 e. The van der Waals surface area contributed by atoms with Gasteiger partial charge >= 0.3 is 5.69 Å². The molecule has 0 atom stereocenters. The normalized spacial score (nSPS) is 13.8.